The van der Waals surface area contributed by atoms with Gasteiger partial charge in [0.1, 0.15) is 5.82 Å². The molecule has 0 aliphatic carbocycles. The number of para-hydroxylation sites is 1. The predicted octanol–water partition coefficient (Wildman–Crippen LogP) is 4.06. The largest absolute Gasteiger partial charge is 0.368 e. The van der Waals surface area contributed by atoms with Crippen LogP contribution in [0, 0.1) is 17.5 Å². The van der Waals surface area contributed by atoms with Crippen molar-refractivity contribution in [3.63, 3.8) is 0 Å². The number of anilines is 3. The maximum absolute atomic E-state index is 13.7. The number of halogens is 3. The van der Waals surface area contributed by atoms with Gasteiger partial charge in [-0.25, -0.2) is 18.2 Å². The SMILES string of the molecule is CCCNc1nc(Nc2ccccc2F)c(F)cc1F. The van der Waals surface area contributed by atoms with Crippen molar-refractivity contribution >= 4 is 17.3 Å². The molecule has 2 N–H and O–H groups in total. The van der Waals surface area contributed by atoms with E-state index in [9.17, 15) is 13.2 Å². The molecule has 0 amide bonds. The van der Waals surface area contributed by atoms with Crippen LogP contribution in [0.2, 0.25) is 0 Å². The molecule has 6 heteroatoms. The van der Waals surface area contributed by atoms with Gasteiger partial charge in [-0.3, -0.25) is 0 Å². The van der Waals surface area contributed by atoms with Crippen molar-refractivity contribution in [1.29, 1.82) is 0 Å². The van der Waals surface area contributed by atoms with Gasteiger partial charge in [0.2, 0.25) is 0 Å². The highest BCUT2D eigenvalue weighted by molar-refractivity contribution is 5.59. The van der Waals surface area contributed by atoms with Gasteiger partial charge in [-0.1, -0.05) is 19.1 Å². The maximum atomic E-state index is 13.7. The lowest BCUT2D eigenvalue weighted by Gasteiger charge is -2.11. The number of pyridine rings is 1. The summed E-state index contributed by atoms with van der Waals surface area (Å²) in [6.07, 6.45) is 0.772. The van der Waals surface area contributed by atoms with Gasteiger partial charge in [0, 0.05) is 12.6 Å². The molecule has 20 heavy (non-hydrogen) atoms. The van der Waals surface area contributed by atoms with Crippen LogP contribution in [0.5, 0.6) is 0 Å². The van der Waals surface area contributed by atoms with Crippen molar-refractivity contribution in [2.45, 2.75) is 13.3 Å². The fraction of sp³-hybridized carbons (Fsp3) is 0.214. The number of hydrogen-bond acceptors (Lipinski definition) is 3. The van der Waals surface area contributed by atoms with E-state index in [1.54, 1.807) is 6.07 Å². The maximum Gasteiger partial charge on any atom is 0.169 e. The highest BCUT2D eigenvalue weighted by Gasteiger charge is 2.13. The Balaban J connectivity index is 2.29. The summed E-state index contributed by atoms with van der Waals surface area (Å²) >= 11 is 0. The molecule has 1 aromatic heterocycles. The van der Waals surface area contributed by atoms with E-state index in [1.807, 2.05) is 6.92 Å². The Morgan fingerprint density at radius 3 is 2.40 bits per heavy atom. The minimum absolute atomic E-state index is 0.0629. The number of nitrogens with one attached hydrogen (secondary N) is 2. The number of rotatable bonds is 5. The fourth-order valence-corrected chi connectivity index (χ4v) is 1.61. The molecule has 0 saturated heterocycles. The average Bonchev–Trinajstić information content (AvgIpc) is 2.43. The van der Waals surface area contributed by atoms with Crippen LogP contribution in [0.1, 0.15) is 13.3 Å². The van der Waals surface area contributed by atoms with Crippen molar-refractivity contribution in [3.05, 3.63) is 47.8 Å². The molecule has 106 valence electrons. The predicted molar refractivity (Wildman–Crippen MR) is 72.6 cm³/mol. The molecule has 3 nitrogen and oxygen atoms in total. The summed E-state index contributed by atoms with van der Waals surface area (Å²) in [6.45, 7) is 2.42. The summed E-state index contributed by atoms with van der Waals surface area (Å²) in [4.78, 5) is 3.81. The molecule has 0 aliphatic rings. The normalized spacial score (nSPS) is 10.4. The van der Waals surface area contributed by atoms with Crippen molar-refractivity contribution in [2.24, 2.45) is 0 Å². The van der Waals surface area contributed by atoms with Crippen LogP contribution in [0.4, 0.5) is 30.5 Å². The first-order valence-corrected chi connectivity index (χ1v) is 6.23. The summed E-state index contributed by atoms with van der Waals surface area (Å²) in [5.41, 5.74) is 0.0759. The molecular weight excluding hydrogens is 267 g/mol. The van der Waals surface area contributed by atoms with Crippen LogP contribution in [0.3, 0.4) is 0 Å². The molecule has 0 unspecified atom stereocenters. The van der Waals surface area contributed by atoms with Crippen LogP contribution in [-0.4, -0.2) is 11.5 Å². The fourth-order valence-electron chi connectivity index (χ4n) is 1.61. The van der Waals surface area contributed by atoms with Crippen LogP contribution in [0.25, 0.3) is 0 Å². The molecule has 0 spiro atoms. The van der Waals surface area contributed by atoms with Gasteiger partial charge in [-0.2, -0.15) is 0 Å². The van der Waals surface area contributed by atoms with Gasteiger partial charge in [0.25, 0.3) is 0 Å². The van der Waals surface area contributed by atoms with Crippen LogP contribution >= 0.6 is 0 Å². The summed E-state index contributed by atoms with van der Waals surface area (Å²) in [7, 11) is 0. The standard InChI is InChI=1S/C14H14F3N3/c1-2-7-18-13-10(16)8-11(17)14(20-13)19-12-6-4-3-5-9(12)15/h3-6,8H,2,7H2,1H3,(H2,18,19,20). The van der Waals surface area contributed by atoms with Crippen molar-refractivity contribution in [2.75, 3.05) is 17.2 Å². The number of nitrogens with zero attached hydrogens (tertiary/aromatic N) is 1. The molecule has 2 rings (SSSR count). The Labute approximate surface area is 114 Å². The quantitative estimate of drug-likeness (QED) is 0.867. The second-order valence-corrected chi connectivity index (χ2v) is 4.18. The van der Waals surface area contributed by atoms with E-state index < -0.39 is 17.5 Å². The van der Waals surface area contributed by atoms with E-state index >= 15 is 0 Å². The molecule has 0 bridgehead atoms. The number of benzene rings is 1. The van der Waals surface area contributed by atoms with Gasteiger partial charge < -0.3 is 10.6 Å². The summed E-state index contributed by atoms with van der Waals surface area (Å²) in [5, 5.41) is 5.26. The Kier molecular flexibility index (Phi) is 4.45. The van der Waals surface area contributed by atoms with Crippen LogP contribution in [-0.2, 0) is 0 Å². The smallest absolute Gasteiger partial charge is 0.169 e. The molecule has 0 atom stereocenters. The van der Waals surface area contributed by atoms with E-state index in [-0.39, 0.29) is 17.3 Å². The van der Waals surface area contributed by atoms with Crippen molar-refractivity contribution in [1.82, 2.24) is 4.98 Å². The summed E-state index contributed by atoms with van der Waals surface area (Å²) in [6, 6.07) is 6.51. The minimum atomic E-state index is -0.882. The van der Waals surface area contributed by atoms with Crippen LogP contribution < -0.4 is 10.6 Å². The molecule has 1 heterocycles. The molecular formula is C14H14F3N3. The Hall–Kier alpha value is -2.24. The lowest BCUT2D eigenvalue weighted by Crippen LogP contribution is -2.08. The van der Waals surface area contributed by atoms with Gasteiger partial charge in [-0.05, 0) is 18.6 Å². The van der Waals surface area contributed by atoms with Gasteiger partial charge >= 0.3 is 0 Å². The second kappa shape index (κ2) is 6.27. The third-order valence-corrected chi connectivity index (χ3v) is 2.60. The van der Waals surface area contributed by atoms with Gasteiger partial charge in [0.05, 0.1) is 5.69 Å². The number of aromatic nitrogens is 1. The molecule has 1 aromatic carbocycles. The highest BCUT2D eigenvalue weighted by atomic mass is 19.1. The Morgan fingerprint density at radius 2 is 1.70 bits per heavy atom. The zero-order valence-corrected chi connectivity index (χ0v) is 10.9. The molecule has 2 aromatic rings. The molecule has 0 fully saturated rings. The zero-order chi connectivity index (χ0) is 14.5. The summed E-state index contributed by atoms with van der Waals surface area (Å²) in [5.74, 6) is -2.49. The van der Waals surface area contributed by atoms with Gasteiger partial charge in [-0.15, -0.1) is 0 Å². The highest BCUT2D eigenvalue weighted by Crippen LogP contribution is 2.23. The third-order valence-electron chi connectivity index (χ3n) is 2.60. The van der Waals surface area contributed by atoms with E-state index in [1.165, 1.54) is 18.2 Å². The molecule has 0 aliphatic heterocycles. The lowest BCUT2D eigenvalue weighted by atomic mass is 10.3. The van der Waals surface area contributed by atoms with E-state index in [2.05, 4.69) is 15.6 Å². The molecule has 0 saturated carbocycles. The minimum Gasteiger partial charge on any atom is -0.368 e. The van der Waals surface area contributed by atoms with E-state index in [0.717, 1.165) is 6.42 Å². The van der Waals surface area contributed by atoms with Gasteiger partial charge in [0.15, 0.2) is 23.3 Å². The Bertz CT molecular complexity index is 602. The lowest BCUT2D eigenvalue weighted by molar-refractivity contribution is 0.578. The van der Waals surface area contributed by atoms with Crippen molar-refractivity contribution in [3.8, 4) is 0 Å². The Morgan fingerprint density at radius 1 is 1.00 bits per heavy atom. The van der Waals surface area contributed by atoms with Crippen molar-refractivity contribution < 1.29 is 13.2 Å². The summed E-state index contributed by atoms with van der Waals surface area (Å²) < 4.78 is 40.6. The van der Waals surface area contributed by atoms with E-state index in [0.29, 0.717) is 12.6 Å². The van der Waals surface area contributed by atoms with Crippen LogP contribution in [0.15, 0.2) is 30.3 Å². The average molecular weight is 281 g/mol. The molecule has 0 radical (unpaired) electrons. The monoisotopic (exact) mass is 281 g/mol. The first kappa shape index (κ1) is 14.2. The van der Waals surface area contributed by atoms with E-state index in [4.69, 9.17) is 0 Å². The first-order valence-electron chi connectivity index (χ1n) is 6.23. The third kappa shape index (κ3) is 3.20. The first-order chi connectivity index (χ1) is 9.61. The topological polar surface area (TPSA) is 37.0 Å². The second-order valence-electron chi connectivity index (χ2n) is 4.18. The number of hydrogen-bond donors (Lipinski definition) is 2. The zero-order valence-electron chi connectivity index (χ0n) is 10.9.